The number of piperidine rings is 1. The van der Waals surface area contributed by atoms with Gasteiger partial charge in [-0.25, -0.2) is 9.78 Å². The fourth-order valence-electron chi connectivity index (χ4n) is 4.57. The molecule has 0 saturated carbocycles. The molecule has 1 unspecified atom stereocenters. The fourth-order valence-corrected chi connectivity index (χ4v) is 4.57. The lowest BCUT2D eigenvalue weighted by Gasteiger charge is -2.39. The third-order valence-corrected chi connectivity index (χ3v) is 6.33. The zero-order valence-corrected chi connectivity index (χ0v) is 19.2. The number of hydrogen-bond donors (Lipinski definition) is 0. The lowest BCUT2D eigenvalue weighted by molar-refractivity contribution is -0.142. The van der Waals surface area contributed by atoms with Crippen molar-refractivity contribution in [3.63, 3.8) is 0 Å². The maximum absolute atomic E-state index is 13.1. The number of pyridine rings is 1. The lowest BCUT2D eigenvalue weighted by Crippen LogP contribution is -2.50. The van der Waals surface area contributed by atoms with Crippen LogP contribution in [-0.2, 0) is 9.53 Å². The van der Waals surface area contributed by atoms with Gasteiger partial charge in [-0.2, -0.15) is 0 Å². The number of esters is 1. The minimum atomic E-state index is -0.452. The van der Waals surface area contributed by atoms with Crippen LogP contribution in [0.2, 0.25) is 0 Å². The molecular formula is C25H32N4O4. The van der Waals surface area contributed by atoms with Crippen molar-refractivity contribution >= 4 is 17.7 Å². The molecule has 2 aliphatic heterocycles. The van der Waals surface area contributed by atoms with Gasteiger partial charge in [0, 0.05) is 57.6 Å². The van der Waals surface area contributed by atoms with Gasteiger partial charge < -0.3 is 19.3 Å². The number of likely N-dealkylation sites (tertiary alicyclic amines) is 1. The molecule has 2 aromatic rings. The van der Waals surface area contributed by atoms with Crippen LogP contribution in [0.1, 0.15) is 23.2 Å². The van der Waals surface area contributed by atoms with Gasteiger partial charge >= 0.3 is 5.97 Å². The summed E-state index contributed by atoms with van der Waals surface area (Å²) in [6.45, 7) is 6.37. The number of ether oxygens (including phenoxy) is 2. The standard InChI is InChI=1S/C25H32N4O4/c1-32-24(30)19-33-22-8-4-7-21(16-22)25(31)29-11-5-6-20(18-29)17-27-12-14-28(15-13-27)23-9-2-3-10-26-23/h2-4,7-10,16,20H,5-6,11-15,17-19H2,1H3. The average Bonchev–Trinajstić information content (AvgIpc) is 2.88. The van der Waals surface area contributed by atoms with Crippen LogP contribution < -0.4 is 9.64 Å². The third kappa shape index (κ3) is 6.22. The second-order valence-corrected chi connectivity index (χ2v) is 8.63. The molecule has 176 valence electrons. The summed E-state index contributed by atoms with van der Waals surface area (Å²) in [6.07, 6.45) is 4.01. The quantitative estimate of drug-likeness (QED) is 0.597. The van der Waals surface area contributed by atoms with E-state index in [2.05, 4.69) is 25.6 Å². The van der Waals surface area contributed by atoms with E-state index in [1.54, 1.807) is 24.3 Å². The Labute approximate surface area is 195 Å². The molecule has 0 aliphatic carbocycles. The van der Waals surface area contributed by atoms with Gasteiger partial charge in [0.05, 0.1) is 7.11 Å². The van der Waals surface area contributed by atoms with E-state index in [4.69, 9.17) is 4.74 Å². The van der Waals surface area contributed by atoms with Gasteiger partial charge in [-0.3, -0.25) is 9.69 Å². The number of carbonyl (C=O) groups excluding carboxylic acids is 2. The van der Waals surface area contributed by atoms with E-state index >= 15 is 0 Å². The maximum Gasteiger partial charge on any atom is 0.343 e. The van der Waals surface area contributed by atoms with Gasteiger partial charge in [-0.05, 0) is 49.1 Å². The van der Waals surface area contributed by atoms with Crippen molar-refractivity contribution in [2.45, 2.75) is 12.8 Å². The van der Waals surface area contributed by atoms with Gasteiger partial charge in [-0.15, -0.1) is 0 Å². The van der Waals surface area contributed by atoms with Crippen molar-refractivity contribution in [1.82, 2.24) is 14.8 Å². The molecule has 2 aliphatic rings. The highest BCUT2D eigenvalue weighted by atomic mass is 16.6. The van der Waals surface area contributed by atoms with Crippen molar-refractivity contribution in [3.05, 3.63) is 54.2 Å². The van der Waals surface area contributed by atoms with Gasteiger partial charge in [0.15, 0.2) is 6.61 Å². The van der Waals surface area contributed by atoms with E-state index in [0.29, 0.717) is 17.2 Å². The molecular weight excluding hydrogens is 420 g/mol. The molecule has 4 rings (SSSR count). The number of hydrogen-bond acceptors (Lipinski definition) is 7. The third-order valence-electron chi connectivity index (χ3n) is 6.33. The number of carbonyl (C=O) groups is 2. The number of amides is 1. The van der Waals surface area contributed by atoms with Crippen molar-refractivity contribution < 1.29 is 19.1 Å². The lowest BCUT2D eigenvalue weighted by atomic mass is 9.96. The molecule has 0 radical (unpaired) electrons. The minimum Gasteiger partial charge on any atom is -0.482 e. The predicted molar refractivity (Wildman–Crippen MR) is 125 cm³/mol. The Morgan fingerprint density at radius 1 is 1.06 bits per heavy atom. The molecule has 8 heteroatoms. The van der Waals surface area contributed by atoms with E-state index < -0.39 is 5.97 Å². The van der Waals surface area contributed by atoms with Gasteiger partial charge in [0.25, 0.3) is 5.91 Å². The van der Waals surface area contributed by atoms with E-state index in [0.717, 1.165) is 64.5 Å². The van der Waals surface area contributed by atoms with Gasteiger partial charge in [0.2, 0.25) is 0 Å². The maximum atomic E-state index is 13.1. The molecule has 0 N–H and O–H groups in total. The molecule has 0 spiro atoms. The Balaban J connectivity index is 1.28. The first-order chi connectivity index (χ1) is 16.1. The number of anilines is 1. The highest BCUT2D eigenvalue weighted by Gasteiger charge is 2.27. The van der Waals surface area contributed by atoms with Crippen LogP contribution in [0.25, 0.3) is 0 Å². The monoisotopic (exact) mass is 452 g/mol. The summed E-state index contributed by atoms with van der Waals surface area (Å²) in [5.41, 5.74) is 0.585. The number of methoxy groups -OCH3 is 1. The first kappa shape index (κ1) is 23.0. The van der Waals surface area contributed by atoms with E-state index in [-0.39, 0.29) is 12.5 Å². The van der Waals surface area contributed by atoms with E-state index in [9.17, 15) is 9.59 Å². The minimum absolute atomic E-state index is 0.0168. The van der Waals surface area contributed by atoms with Crippen LogP contribution in [0.5, 0.6) is 5.75 Å². The summed E-state index contributed by atoms with van der Waals surface area (Å²) in [5, 5.41) is 0. The van der Waals surface area contributed by atoms with Crippen molar-refractivity contribution in [3.8, 4) is 5.75 Å². The van der Waals surface area contributed by atoms with Crippen LogP contribution in [0, 0.1) is 5.92 Å². The second kappa shape index (κ2) is 11.1. The summed E-state index contributed by atoms with van der Waals surface area (Å²) < 4.78 is 10.0. The Bertz CT molecular complexity index is 931. The SMILES string of the molecule is COC(=O)COc1cccc(C(=O)N2CCCC(CN3CCN(c4ccccn4)CC3)C2)c1. The Kier molecular flexibility index (Phi) is 7.78. The fraction of sp³-hybridized carbons (Fsp3) is 0.480. The molecule has 1 amide bonds. The molecule has 1 aromatic carbocycles. The summed E-state index contributed by atoms with van der Waals surface area (Å²) in [5.74, 6) is 1.58. The number of nitrogens with zero attached hydrogens (tertiary/aromatic N) is 4. The van der Waals surface area contributed by atoms with Gasteiger partial charge in [-0.1, -0.05) is 12.1 Å². The van der Waals surface area contributed by atoms with Crippen LogP contribution in [0.15, 0.2) is 48.7 Å². The Morgan fingerprint density at radius 3 is 2.67 bits per heavy atom. The summed E-state index contributed by atoms with van der Waals surface area (Å²) in [6, 6.07) is 13.1. The normalized spacial score (nSPS) is 19.2. The van der Waals surface area contributed by atoms with Crippen LogP contribution in [0.3, 0.4) is 0 Å². The number of benzene rings is 1. The molecule has 8 nitrogen and oxygen atoms in total. The van der Waals surface area contributed by atoms with Crippen LogP contribution in [-0.4, -0.2) is 86.2 Å². The first-order valence-corrected chi connectivity index (χ1v) is 11.6. The average molecular weight is 453 g/mol. The molecule has 33 heavy (non-hydrogen) atoms. The predicted octanol–water partition coefficient (Wildman–Crippen LogP) is 2.31. The molecule has 1 aromatic heterocycles. The smallest absolute Gasteiger partial charge is 0.343 e. The molecule has 3 heterocycles. The zero-order valence-electron chi connectivity index (χ0n) is 19.2. The molecule has 0 bridgehead atoms. The number of rotatable bonds is 7. The first-order valence-electron chi connectivity index (χ1n) is 11.6. The number of aromatic nitrogens is 1. The largest absolute Gasteiger partial charge is 0.482 e. The molecule has 1 atom stereocenters. The van der Waals surface area contributed by atoms with Gasteiger partial charge in [0.1, 0.15) is 11.6 Å². The van der Waals surface area contributed by atoms with E-state index in [1.807, 2.05) is 23.2 Å². The topological polar surface area (TPSA) is 75.2 Å². The number of piperazine rings is 1. The Morgan fingerprint density at radius 2 is 1.91 bits per heavy atom. The molecule has 2 fully saturated rings. The summed E-state index contributed by atoms with van der Waals surface area (Å²) >= 11 is 0. The van der Waals surface area contributed by atoms with E-state index in [1.165, 1.54) is 7.11 Å². The van der Waals surface area contributed by atoms with Crippen molar-refractivity contribution in [1.29, 1.82) is 0 Å². The Hall–Kier alpha value is -3.13. The van der Waals surface area contributed by atoms with Crippen molar-refractivity contribution in [2.24, 2.45) is 5.92 Å². The van der Waals surface area contributed by atoms with Crippen LogP contribution >= 0.6 is 0 Å². The molecule has 2 saturated heterocycles. The highest BCUT2D eigenvalue weighted by Crippen LogP contribution is 2.22. The highest BCUT2D eigenvalue weighted by molar-refractivity contribution is 5.94. The summed E-state index contributed by atoms with van der Waals surface area (Å²) in [4.78, 5) is 35.7. The van der Waals surface area contributed by atoms with Crippen molar-refractivity contribution in [2.75, 3.05) is 64.4 Å². The van der Waals surface area contributed by atoms with Crippen LogP contribution in [0.4, 0.5) is 5.82 Å². The zero-order chi connectivity index (χ0) is 23.0. The summed E-state index contributed by atoms with van der Waals surface area (Å²) in [7, 11) is 1.32. The second-order valence-electron chi connectivity index (χ2n) is 8.63.